The first-order valence-electron chi connectivity index (χ1n) is 4.58. The molecule has 1 atom stereocenters. The highest BCUT2D eigenvalue weighted by Gasteiger charge is 2.39. The lowest BCUT2D eigenvalue weighted by Gasteiger charge is -2.25. The van der Waals surface area contributed by atoms with Gasteiger partial charge in [-0.05, 0) is 6.54 Å². The van der Waals surface area contributed by atoms with E-state index in [-0.39, 0.29) is 13.1 Å². The van der Waals surface area contributed by atoms with Crippen LogP contribution in [0.15, 0.2) is 0 Å². The molecular formula is C8H16F3N3O. The Balaban J connectivity index is 4.31. The van der Waals surface area contributed by atoms with E-state index in [4.69, 9.17) is 11.5 Å². The van der Waals surface area contributed by atoms with E-state index in [0.717, 1.165) is 0 Å². The lowest BCUT2D eigenvalue weighted by Crippen LogP contribution is -2.43. The van der Waals surface area contributed by atoms with Gasteiger partial charge in [-0.2, -0.15) is 13.2 Å². The van der Waals surface area contributed by atoms with Crippen LogP contribution >= 0.6 is 0 Å². The van der Waals surface area contributed by atoms with Gasteiger partial charge < -0.3 is 11.5 Å². The molecule has 15 heavy (non-hydrogen) atoms. The molecule has 0 saturated carbocycles. The molecule has 0 aliphatic carbocycles. The van der Waals surface area contributed by atoms with Gasteiger partial charge in [0.1, 0.15) is 0 Å². The number of alkyl halides is 3. The topological polar surface area (TPSA) is 72.3 Å². The summed E-state index contributed by atoms with van der Waals surface area (Å²) in [6, 6.07) is 0. The Hall–Kier alpha value is -0.820. The van der Waals surface area contributed by atoms with Crippen LogP contribution in [0.2, 0.25) is 0 Å². The SMILES string of the molecule is CCN(CC(N)=O)CC(CN)C(F)(F)F. The van der Waals surface area contributed by atoms with Crippen LogP contribution in [-0.4, -0.2) is 43.2 Å². The maximum absolute atomic E-state index is 12.3. The molecule has 0 aromatic heterocycles. The van der Waals surface area contributed by atoms with Crippen LogP contribution < -0.4 is 11.5 Å². The predicted octanol–water partition coefficient (Wildman–Crippen LogP) is -0.0692. The second-order valence-corrected chi connectivity index (χ2v) is 3.27. The molecule has 1 amide bonds. The van der Waals surface area contributed by atoms with E-state index in [0.29, 0.717) is 6.54 Å². The van der Waals surface area contributed by atoms with Gasteiger partial charge in [-0.3, -0.25) is 9.69 Å². The predicted molar refractivity (Wildman–Crippen MR) is 49.9 cm³/mol. The number of nitrogens with two attached hydrogens (primary N) is 2. The van der Waals surface area contributed by atoms with Crippen LogP contribution in [0.5, 0.6) is 0 Å². The first kappa shape index (κ1) is 14.2. The number of halogens is 3. The molecule has 0 aromatic carbocycles. The second kappa shape index (κ2) is 5.92. The van der Waals surface area contributed by atoms with E-state index in [1.807, 2.05) is 0 Å². The Morgan fingerprint density at radius 3 is 2.27 bits per heavy atom. The summed E-state index contributed by atoms with van der Waals surface area (Å²) in [5.41, 5.74) is 9.93. The number of likely N-dealkylation sites (N-methyl/N-ethyl adjacent to an activating group) is 1. The molecule has 0 fully saturated rings. The van der Waals surface area contributed by atoms with Crippen molar-refractivity contribution in [2.75, 3.05) is 26.2 Å². The minimum absolute atomic E-state index is 0.178. The normalized spacial score (nSPS) is 14.3. The Morgan fingerprint density at radius 2 is 2.00 bits per heavy atom. The molecule has 4 nitrogen and oxygen atoms in total. The molecule has 0 aromatic rings. The second-order valence-electron chi connectivity index (χ2n) is 3.27. The highest BCUT2D eigenvalue weighted by Crippen LogP contribution is 2.25. The van der Waals surface area contributed by atoms with Crippen molar-refractivity contribution in [1.82, 2.24) is 4.90 Å². The Labute approximate surface area is 86.4 Å². The van der Waals surface area contributed by atoms with Crippen LogP contribution in [0.4, 0.5) is 13.2 Å². The van der Waals surface area contributed by atoms with Crippen LogP contribution in [0, 0.1) is 5.92 Å². The molecule has 0 heterocycles. The monoisotopic (exact) mass is 227 g/mol. The van der Waals surface area contributed by atoms with Crippen LogP contribution in [0.3, 0.4) is 0 Å². The van der Waals surface area contributed by atoms with E-state index >= 15 is 0 Å². The molecule has 0 aliphatic rings. The lowest BCUT2D eigenvalue weighted by atomic mass is 10.1. The standard InChI is InChI=1S/C8H16F3N3O/c1-2-14(5-7(13)15)4-6(3-12)8(9,10)11/h6H,2-5,12H2,1H3,(H2,13,15). The quantitative estimate of drug-likeness (QED) is 0.667. The van der Waals surface area contributed by atoms with Crippen molar-refractivity contribution in [3.05, 3.63) is 0 Å². The highest BCUT2D eigenvalue weighted by molar-refractivity contribution is 5.75. The zero-order chi connectivity index (χ0) is 12.1. The van der Waals surface area contributed by atoms with Crippen LogP contribution in [-0.2, 0) is 4.79 Å². The van der Waals surface area contributed by atoms with Crippen molar-refractivity contribution in [3.8, 4) is 0 Å². The summed E-state index contributed by atoms with van der Waals surface area (Å²) >= 11 is 0. The van der Waals surface area contributed by atoms with Crippen molar-refractivity contribution < 1.29 is 18.0 Å². The van der Waals surface area contributed by atoms with Crippen molar-refractivity contribution in [1.29, 1.82) is 0 Å². The summed E-state index contributed by atoms with van der Waals surface area (Å²) in [4.78, 5) is 11.9. The van der Waals surface area contributed by atoms with E-state index in [2.05, 4.69) is 0 Å². The van der Waals surface area contributed by atoms with Gasteiger partial charge >= 0.3 is 6.18 Å². The minimum atomic E-state index is -4.33. The van der Waals surface area contributed by atoms with Crippen LogP contribution in [0.1, 0.15) is 6.92 Å². The molecule has 0 saturated heterocycles. The van der Waals surface area contributed by atoms with Gasteiger partial charge in [0, 0.05) is 13.1 Å². The third kappa shape index (κ3) is 5.58. The molecule has 0 bridgehead atoms. The number of nitrogens with zero attached hydrogens (tertiary/aromatic N) is 1. The number of carbonyl (C=O) groups excluding carboxylic acids is 1. The van der Waals surface area contributed by atoms with E-state index in [1.165, 1.54) is 4.90 Å². The average Bonchev–Trinajstić information content (AvgIpc) is 2.09. The summed E-state index contributed by atoms with van der Waals surface area (Å²) < 4.78 is 37.0. The highest BCUT2D eigenvalue weighted by atomic mass is 19.4. The molecule has 1 unspecified atom stereocenters. The molecule has 0 rings (SSSR count). The van der Waals surface area contributed by atoms with Gasteiger partial charge in [-0.1, -0.05) is 6.92 Å². The fourth-order valence-corrected chi connectivity index (χ4v) is 1.15. The Morgan fingerprint density at radius 1 is 1.47 bits per heavy atom. The van der Waals surface area contributed by atoms with Gasteiger partial charge in [0.05, 0.1) is 12.5 Å². The summed E-state index contributed by atoms with van der Waals surface area (Å²) in [5.74, 6) is -2.26. The number of carbonyl (C=O) groups is 1. The van der Waals surface area contributed by atoms with Gasteiger partial charge in [0.15, 0.2) is 0 Å². The van der Waals surface area contributed by atoms with Crippen LogP contribution in [0.25, 0.3) is 0 Å². The van der Waals surface area contributed by atoms with Gasteiger partial charge in [-0.15, -0.1) is 0 Å². The first-order valence-corrected chi connectivity index (χ1v) is 4.58. The number of primary amides is 1. The number of rotatable bonds is 6. The summed E-state index contributed by atoms with van der Waals surface area (Å²) in [7, 11) is 0. The summed E-state index contributed by atoms with van der Waals surface area (Å²) in [6.07, 6.45) is -4.33. The van der Waals surface area contributed by atoms with Gasteiger partial charge in [-0.25, -0.2) is 0 Å². The van der Waals surface area contributed by atoms with Crippen molar-refractivity contribution >= 4 is 5.91 Å². The smallest absolute Gasteiger partial charge is 0.369 e. The maximum atomic E-state index is 12.3. The molecule has 0 aliphatic heterocycles. The Bertz CT molecular complexity index is 208. The summed E-state index contributed by atoms with van der Waals surface area (Å²) in [5, 5.41) is 0. The zero-order valence-corrected chi connectivity index (χ0v) is 8.55. The van der Waals surface area contributed by atoms with Crippen molar-refractivity contribution in [2.45, 2.75) is 13.1 Å². The molecular weight excluding hydrogens is 211 g/mol. The maximum Gasteiger partial charge on any atom is 0.394 e. The van der Waals surface area contributed by atoms with Crippen molar-refractivity contribution in [3.63, 3.8) is 0 Å². The fourth-order valence-electron chi connectivity index (χ4n) is 1.15. The summed E-state index contributed by atoms with van der Waals surface area (Å²) in [6.45, 7) is 1.03. The van der Waals surface area contributed by atoms with E-state index in [1.54, 1.807) is 6.92 Å². The average molecular weight is 227 g/mol. The van der Waals surface area contributed by atoms with Crippen molar-refractivity contribution in [2.24, 2.45) is 17.4 Å². The van der Waals surface area contributed by atoms with E-state index < -0.39 is 24.5 Å². The number of hydrogen-bond donors (Lipinski definition) is 2. The number of hydrogen-bond acceptors (Lipinski definition) is 3. The fraction of sp³-hybridized carbons (Fsp3) is 0.875. The third-order valence-corrected chi connectivity index (χ3v) is 2.05. The zero-order valence-electron chi connectivity index (χ0n) is 8.55. The Kier molecular flexibility index (Phi) is 5.59. The molecule has 7 heteroatoms. The van der Waals surface area contributed by atoms with E-state index in [9.17, 15) is 18.0 Å². The molecule has 0 radical (unpaired) electrons. The largest absolute Gasteiger partial charge is 0.394 e. The third-order valence-electron chi connectivity index (χ3n) is 2.05. The number of amides is 1. The molecule has 0 spiro atoms. The molecule has 4 N–H and O–H groups in total. The first-order chi connectivity index (χ1) is 6.81. The minimum Gasteiger partial charge on any atom is -0.369 e. The van der Waals surface area contributed by atoms with Gasteiger partial charge in [0.25, 0.3) is 0 Å². The van der Waals surface area contributed by atoms with Gasteiger partial charge in [0.2, 0.25) is 5.91 Å². The molecule has 90 valence electrons. The lowest BCUT2D eigenvalue weighted by molar-refractivity contribution is -0.176.